The molecule has 0 aliphatic rings. The third kappa shape index (κ3) is 14.0. The van der Waals surface area contributed by atoms with E-state index in [-0.39, 0.29) is 22.9 Å². The first kappa shape index (κ1) is 52.0. The van der Waals surface area contributed by atoms with Crippen LogP contribution < -0.4 is 29.4 Å². The van der Waals surface area contributed by atoms with E-state index in [4.69, 9.17) is 44.2 Å². The zero-order valence-corrected chi connectivity index (χ0v) is 43.0. The van der Waals surface area contributed by atoms with Crippen molar-refractivity contribution in [3.63, 3.8) is 0 Å². The molecule has 10 aromatic rings. The standard InChI is InChI=1S/C25H22N4O5S2.C19H18N4O3S.C6H5ClO2S/c1-32-20-8-5-9-21-24(20)27-23(35-21)16-22-28-29-25(34-22)17-10-12-18(13-11-17)33-15-14-26-36(30,31)19-6-3-2-4-7-19;1-24-14-3-2-4-15-18(14)21-17(27-15)11-16-22-23-19(26-16)12-5-7-13(8-6-12)25-10-9-20;7-10(8,9)6-4-2-1-3-5-6/h2-13,26H,14-16H2,1H3;2-8H,9-11,20H2,1H3;1-5H. The van der Waals surface area contributed by atoms with Crippen molar-refractivity contribution in [2.75, 3.05) is 40.5 Å². The number of nitrogens with one attached hydrogen (secondary N) is 1. The number of aromatic nitrogens is 6. The second kappa shape index (κ2) is 24.4. The number of rotatable bonds is 18. The van der Waals surface area contributed by atoms with E-state index in [1.165, 1.54) is 12.1 Å². The van der Waals surface area contributed by atoms with Gasteiger partial charge < -0.3 is 33.5 Å². The maximum atomic E-state index is 12.2. The molecule has 18 nitrogen and oxygen atoms in total. The molecular formula is C50H45ClN8O10S4. The average Bonchev–Trinajstić information content (AvgIpc) is 4.25. The molecule has 6 aromatic carbocycles. The second-order valence-electron chi connectivity index (χ2n) is 15.2. The van der Waals surface area contributed by atoms with Crippen LogP contribution in [0.3, 0.4) is 0 Å². The number of methoxy groups -OCH3 is 2. The fraction of sp³-hybridized carbons (Fsp3) is 0.160. The third-order valence-corrected chi connectivity index (χ3v) is 15.0. The highest BCUT2D eigenvalue weighted by Crippen LogP contribution is 2.33. The fourth-order valence-electron chi connectivity index (χ4n) is 6.74. The Balaban J connectivity index is 0.000000168. The topological polar surface area (TPSA) is 247 Å². The minimum atomic E-state index is -3.56. The Morgan fingerprint density at radius 2 is 1.01 bits per heavy atom. The summed E-state index contributed by atoms with van der Waals surface area (Å²) in [6.45, 7) is 1.29. The van der Waals surface area contributed by atoms with Crippen molar-refractivity contribution in [2.24, 2.45) is 5.73 Å². The lowest BCUT2D eigenvalue weighted by atomic mass is 10.2. The molecule has 10 rings (SSSR count). The van der Waals surface area contributed by atoms with E-state index in [1.54, 1.807) is 97.6 Å². The SMILES string of the molecule is COc1cccc2sc(Cc3nnc(-c4ccc(OCCN)cc4)o3)nc12.COc1cccc2sc(Cc3nnc(-c4ccc(OCCNS(=O)(=O)c5ccccc5)cc4)o3)nc12.O=S(=O)(Cl)c1ccccc1. The van der Waals surface area contributed by atoms with E-state index in [9.17, 15) is 16.8 Å². The van der Waals surface area contributed by atoms with Crippen LogP contribution in [0.15, 0.2) is 164 Å². The highest BCUT2D eigenvalue weighted by atomic mass is 35.7. The van der Waals surface area contributed by atoms with E-state index in [0.717, 1.165) is 58.8 Å². The summed E-state index contributed by atoms with van der Waals surface area (Å²) >= 11 is 3.15. The Morgan fingerprint density at radius 1 is 0.562 bits per heavy atom. The Kier molecular flexibility index (Phi) is 17.4. The van der Waals surface area contributed by atoms with Crippen molar-refractivity contribution in [3.8, 4) is 45.9 Å². The highest BCUT2D eigenvalue weighted by molar-refractivity contribution is 8.13. The van der Waals surface area contributed by atoms with Gasteiger partial charge in [0.2, 0.25) is 33.6 Å². The van der Waals surface area contributed by atoms with E-state index in [0.29, 0.717) is 55.3 Å². The molecule has 0 radical (unpaired) electrons. The minimum absolute atomic E-state index is 0.136. The van der Waals surface area contributed by atoms with E-state index >= 15 is 0 Å². The summed E-state index contributed by atoms with van der Waals surface area (Å²) in [6, 6.07) is 42.4. The van der Waals surface area contributed by atoms with Gasteiger partial charge in [0.05, 0.1) is 46.3 Å². The molecule has 0 saturated heterocycles. The summed E-state index contributed by atoms with van der Waals surface area (Å²) in [5.41, 5.74) is 8.69. The normalized spacial score (nSPS) is 11.3. The molecule has 73 heavy (non-hydrogen) atoms. The van der Waals surface area contributed by atoms with Gasteiger partial charge in [0.15, 0.2) is 0 Å². The molecule has 0 saturated carbocycles. The molecule has 23 heteroatoms. The van der Waals surface area contributed by atoms with Crippen molar-refractivity contribution in [1.29, 1.82) is 0 Å². The predicted octanol–water partition coefficient (Wildman–Crippen LogP) is 9.20. The summed E-state index contributed by atoms with van der Waals surface area (Å²) in [5, 5.41) is 18.3. The number of nitrogens with zero attached hydrogens (tertiary/aromatic N) is 6. The number of fused-ring (bicyclic) bond motifs is 2. The van der Waals surface area contributed by atoms with Crippen molar-refractivity contribution < 1.29 is 44.6 Å². The molecule has 4 heterocycles. The Morgan fingerprint density at radius 3 is 1.44 bits per heavy atom. The van der Waals surface area contributed by atoms with Crippen molar-refractivity contribution in [1.82, 2.24) is 35.1 Å². The number of para-hydroxylation sites is 2. The summed E-state index contributed by atoms with van der Waals surface area (Å²) in [7, 11) is 1.21. The molecule has 0 fully saturated rings. The molecule has 0 bridgehead atoms. The summed E-state index contributed by atoms with van der Waals surface area (Å²) in [6.07, 6.45) is 0.906. The molecule has 376 valence electrons. The van der Waals surface area contributed by atoms with Gasteiger partial charge in [-0.3, -0.25) is 0 Å². The molecule has 0 unspecified atom stereocenters. The smallest absolute Gasteiger partial charge is 0.261 e. The predicted molar refractivity (Wildman–Crippen MR) is 279 cm³/mol. The summed E-state index contributed by atoms with van der Waals surface area (Å²) in [5.74, 6) is 4.70. The van der Waals surface area contributed by atoms with Crippen molar-refractivity contribution in [3.05, 3.63) is 167 Å². The van der Waals surface area contributed by atoms with E-state index in [2.05, 4.69) is 35.1 Å². The molecule has 4 aromatic heterocycles. The Hall–Kier alpha value is -7.31. The third-order valence-electron chi connectivity index (χ3n) is 10.2. The zero-order valence-electron chi connectivity index (χ0n) is 39.0. The Bertz CT molecular complexity index is 3600. The molecule has 0 aliphatic carbocycles. The molecule has 3 N–H and O–H groups in total. The van der Waals surface area contributed by atoms with Gasteiger partial charge in [-0.05, 0) is 97.1 Å². The van der Waals surface area contributed by atoms with Crippen LogP contribution in [-0.2, 0) is 31.9 Å². The first-order chi connectivity index (χ1) is 35.4. The van der Waals surface area contributed by atoms with Gasteiger partial charge in [0.25, 0.3) is 9.05 Å². The highest BCUT2D eigenvalue weighted by Gasteiger charge is 2.17. The number of sulfonamides is 1. The summed E-state index contributed by atoms with van der Waals surface area (Å²) < 4.78 is 83.8. The fourth-order valence-corrected chi connectivity index (χ4v) is 10.5. The molecule has 0 atom stereocenters. The molecule has 0 aliphatic heterocycles. The number of ether oxygens (including phenoxy) is 4. The van der Waals surface area contributed by atoms with E-state index in [1.807, 2.05) is 72.8 Å². The first-order valence-electron chi connectivity index (χ1n) is 22.1. The quantitative estimate of drug-likeness (QED) is 0.0600. The lowest BCUT2D eigenvalue weighted by Gasteiger charge is -2.08. The van der Waals surface area contributed by atoms with Crippen LogP contribution >= 0.6 is 33.4 Å². The number of benzene rings is 6. The zero-order chi connectivity index (χ0) is 51.2. The number of thiazole rings is 2. The number of halogens is 1. The van der Waals surface area contributed by atoms with Gasteiger partial charge >= 0.3 is 0 Å². The van der Waals surface area contributed by atoms with E-state index < -0.39 is 19.1 Å². The van der Waals surface area contributed by atoms with Crippen LogP contribution in [0.1, 0.15) is 21.8 Å². The van der Waals surface area contributed by atoms with Crippen molar-refractivity contribution in [2.45, 2.75) is 22.6 Å². The van der Waals surface area contributed by atoms with Gasteiger partial charge in [0.1, 0.15) is 57.3 Å². The molecular weight excluding hydrogens is 1040 g/mol. The number of hydrogen-bond acceptors (Lipinski definition) is 19. The lowest BCUT2D eigenvalue weighted by molar-refractivity contribution is 0.323. The van der Waals surface area contributed by atoms with Crippen LogP contribution in [-0.4, -0.2) is 87.7 Å². The maximum Gasteiger partial charge on any atom is 0.261 e. The van der Waals surface area contributed by atoms with Crippen LogP contribution in [0.5, 0.6) is 23.0 Å². The molecule has 0 amide bonds. The van der Waals surface area contributed by atoms with Crippen LogP contribution in [0, 0.1) is 0 Å². The maximum absolute atomic E-state index is 12.2. The lowest BCUT2D eigenvalue weighted by Crippen LogP contribution is -2.28. The van der Waals surface area contributed by atoms with Crippen LogP contribution in [0.25, 0.3) is 43.3 Å². The van der Waals surface area contributed by atoms with Crippen LogP contribution in [0.4, 0.5) is 0 Å². The minimum Gasteiger partial charge on any atom is -0.494 e. The van der Waals surface area contributed by atoms with Gasteiger partial charge in [-0.25, -0.2) is 31.5 Å². The first-order valence-corrected chi connectivity index (χ1v) is 27.5. The monoisotopic (exact) mass is 1080 g/mol. The van der Waals surface area contributed by atoms with Gasteiger partial charge in [-0.1, -0.05) is 48.5 Å². The van der Waals surface area contributed by atoms with Gasteiger partial charge in [-0.2, -0.15) is 0 Å². The average molecular weight is 1080 g/mol. The number of hydrogen-bond donors (Lipinski definition) is 2. The van der Waals surface area contributed by atoms with Gasteiger partial charge in [-0.15, -0.1) is 43.1 Å². The largest absolute Gasteiger partial charge is 0.494 e. The number of nitrogens with two attached hydrogens (primary N) is 1. The summed E-state index contributed by atoms with van der Waals surface area (Å²) in [4.78, 5) is 9.64. The van der Waals surface area contributed by atoms with Gasteiger partial charge in [0, 0.05) is 34.9 Å². The van der Waals surface area contributed by atoms with Crippen LogP contribution in [0.2, 0.25) is 0 Å². The Labute approximate surface area is 432 Å². The molecule has 0 spiro atoms. The van der Waals surface area contributed by atoms with Crippen molar-refractivity contribution >= 4 is 72.9 Å². The second-order valence-corrected chi connectivity index (χ2v) is 21.7.